The Morgan fingerprint density at radius 3 is 2.66 bits per heavy atom. The molecule has 160 valence electrons. The molecule has 0 saturated carbocycles. The van der Waals surface area contributed by atoms with Crippen LogP contribution in [0, 0.1) is 0 Å². The van der Waals surface area contributed by atoms with E-state index in [0.29, 0.717) is 0 Å². The Kier molecular flexibility index (Phi) is 8.19. The summed E-state index contributed by atoms with van der Waals surface area (Å²) >= 11 is 0. The molecule has 0 aliphatic carbocycles. The van der Waals surface area contributed by atoms with Crippen molar-refractivity contribution in [1.29, 1.82) is 0 Å². The van der Waals surface area contributed by atoms with Crippen molar-refractivity contribution >= 4 is 5.96 Å². The van der Waals surface area contributed by atoms with Gasteiger partial charge in [0.1, 0.15) is 11.5 Å². The molecule has 3 rings (SSSR count). The number of piperazine rings is 1. The van der Waals surface area contributed by atoms with Gasteiger partial charge in [0, 0.05) is 51.9 Å². The van der Waals surface area contributed by atoms with Crippen molar-refractivity contribution in [2.45, 2.75) is 19.4 Å². The molecule has 1 aromatic rings. The van der Waals surface area contributed by atoms with Crippen LogP contribution in [0.3, 0.4) is 0 Å². The first-order valence-corrected chi connectivity index (χ1v) is 10.4. The van der Waals surface area contributed by atoms with Crippen molar-refractivity contribution in [2.24, 2.45) is 4.99 Å². The molecule has 0 spiro atoms. The Hall–Kier alpha value is -2.25. The fraction of sp³-hybridized carbons (Fsp3) is 0.591. The average molecular weight is 403 g/mol. The molecule has 2 aliphatic heterocycles. The molecule has 1 saturated heterocycles. The summed E-state index contributed by atoms with van der Waals surface area (Å²) in [5.74, 6) is 2.77. The molecule has 1 fully saturated rings. The van der Waals surface area contributed by atoms with Gasteiger partial charge in [0.05, 0.1) is 27.4 Å². The van der Waals surface area contributed by atoms with E-state index in [4.69, 9.17) is 14.2 Å². The molecule has 1 aromatic carbocycles. The molecular weight excluding hydrogens is 368 g/mol. The zero-order valence-corrected chi connectivity index (χ0v) is 17.9. The van der Waals surface area contributed by atoms with Gasteiger partial charge in [-0.05, 0) is 31.0 Å². The number of guanidine groups is 1. The number of methoxy groups -OCH3 is 2. The van der Waals surface area contributed by atoms with Gasteiger partial charge < -0.3 is 24.4 Å². The summed E-state index contributed by atoms with van der Waals surface area (Å²) < 4.78 is 16.3. The van der Waals surface area contributed by atoms with Crippen LogP contribution in [0.1, 0.15) is 18.4 Å². The molecule has 7 nitrogen and oxygen atoms in total. The Morgan fingerprint density at radius 1 is 1.17 bits per heavy atom. The molecule has 0 amide bonds. The van der Waals surface area contributed by atoms with E-state index in [1.54, 1.807) is 14.2 Å². The molecule has 0 bridgehead atoms. The fourth-order valence-corrected chi connectivity index (χ4v) is 3.82. The summed E-state index contributed by atoms with van der Waals surface area (Å²) in [6.45, 7) is 7.28. The molecule has 0 atom stereocenters. The van der Waals surface area contributed by atoms with E-state index in [1.807, 2.05) is 19.2 Å². The SMILES string of the molecule is CN=C(NCCC1=CCOCC1)N1CCN(Cc2cc(OC)ccc2OC)CC1. The molecule has 1 N–H and O–H groups in total. The fourth-order valence-electron chi connectivity index (χ4n) is 3.82. The zero-order chi connectivity index (χ0) is 20.5. The molecule has 2 heterocycles. The summed E-state index contributed by atoms with van der Waals surface area (Å²) in [5, 5.41) is 3.52. The monoisotopic (exact) mass is 402 g/mol. The van der Waals surface area contributed by atoms with Crippen molar-refractivity contribution in [3.63, 3.8) is 0 Å². The normalized spacial score (nSPS) is 18.4. The second kappa shape index (κ2) is 11.1. The largest absolute Gasteiger partial charge is 0.497 e. The highest BCUT2D eigenvalue weighted by Gasteiger charge is 2.21. The number of hydrogen-bond donors (Lipinski definition) is 1. The first-order valence-electron chi connectivity index (χ1n) is 10.4. The van der Waals surface area contributed by atoms with Crippen LogP contribution in [0.4, 0.5) is 0 Å². The van der Waals surface area contributed by atoms with E-state index in [2.05, 4.69) is 32.3 Å². The van der Waals surface area contributed by atoms with Gasteiger partial charge in [0.15, 0.2) is 5.96 Å². The van der Waals surface area contributed by atoms with Crippen LogP contribution in [0.2, 0.25) is 0 Å². The van der Waals surface area contributed by atoms with Gasteiger partial charge in [-0.25, -0.2) is 0 Å². The third-order valence-corrected chi connectivity index (χ3v) is 5.55. The van der Waals surface area contributed by atoms with E-state index < -0.39 is 0 Å². The maximum Gasteiger partial charge on any atom is 0.193 e. The molecule has 29 heavy (non-hydrogen) atoms. The number of hydrogen-bond acceptors (Lipinski definition) is 5. The highest BCUT2D eigenvalue weighted by molar-refractivity contribution is 5.80. The van der Waals surface area contributed by atoms with Crippen LogP contribution >= 0.6 is 0 Å². The highest BCUT2D eigenvalue weighted by atomic mass is 16.5. The van der Waals surface area contributed by atoms with Crippen molar-refractivity contribution < 1.29 is 14.2 Å². The molecule has 0 unspecified atom stereocenters. The Bertz CT molecular complexity index is 712. The van der Waals surface area contributed by atoms with E-state index >= 15 is 0 Å². The average Bonchev–Trinajstić information content (AvgIpc) is 2.78. The number of nitrogens with one attached hydrogen (secondary N) is 1. The third kappa shape index (κ3) is 6.11. The summed E-state index contributed by atoms with van der Waals surface area (Å²) in [7, 11) is 5.28. The van der Waals surface area contributed by atoms with Crippen molar-refractivity contribution in [2.75, 3.05) is 67.2 Å². The van der Waals surface area contributed by atoms with Gasteiger partial charge in [-0.3, -0.25) is 9.89 Å². The minimum absolute atomic E-state index is 0.754. The van der Waals surface area contributed by atoms with E-state index in [-0.39, 0.29) is 0 Å². The number of nitrogens with zero attached hydrogens (tertiary/aromatic N) is 3. The van der Waals surface area contributed by atoms with Crippen molar-refractivity contribution in [3.8, 4) is 11.5 Å². The van der Waals surface area contributed by atoms with E-state index in [1.165, 1.54) is 5.57 Å². The van der Waals surface area contributed by atoms with Gasteiger partial charge in [-0.1, -0.05) is 11.6 Å². The first kappa shape index (κ1) is 21.5. The number of aliphatic imine (C=N–C) groups is 1. The number of rotatable bonds is 7. The molecule has 0 radical (unpaired) electrons. The molecule has 0 aromatic heterocycles. The standard InChI is InChI=1S/C22H34N4O3/c1-23-22(24-9-6-18-7-14-29-15-8-18)26-12-10-25(11-13-26)17-19-16-20(27-2)4-5-21(19)28-3/h4-5,7,16H,6,8-15,17H2,1-3H3,(H,23,24). The van der Waals surface area contributed by atoms with Crippen LogP contribution in [-0.2, 0) is 11.3 Å². The quantitative estimate of drug-likeness (QED) is 0.428. The lowest BCUT2D eigenvalue weighted by Gasteiger charge is -2.36. The van der Waals surface area contributed by atoms with Crippen LogP contribution in [0.25, 0.3) is 0 Å². The second-order valence-corrected chi connectivity index (χ2v) is 7.35. The Morgan fingerprint density at radius 2 is 2.00 bits per heavy atom. The van der Waals surface area contributed by atoms with Gasteiger partial charge in [-0.2, -0.15) is 0 Å². The predicted octanol–water partition coefficient (Wildman–Crippen LogP) is 2.13. The highest BCUT2D eigenvalue weighted by Crippen LogP contribution is 2.25. The van der Waals surface area contributed by atoms with Crippen LogP contribution in [0.15, 0.2) is 34.8 Å². The maximum absolute atomic E-state index is 5.52. The van der Waals surface area contributed by atoms with Crippen LogP contribution in [-0.4, -0.2) is 83.0 Å². The first-order chi connectivity index (χ1) is 14.2. The minimum Gasteiger partial charge on any atom is -0.497 e. The third-order valence-electron chi connectivity index (χ3n) is 5.55. The summed E-state index contributed by atoms with van der Waals surface area (Å²) in [5.41, 5.74) is 2.64. The van der Waals surface area contributed by atoms with Gasteiger partial charge in [0.2, 0.25) is 0 Å². The number of ether oxygens (including phenoxy) is 3. The van der Waals surface area contributed by atoms with Crippen molar-refractivity contribution in [3.05, 3.63) is 35.4 Å². The maximum atomic E-state index is 5.52. The van der Waals surface area contributed by atoms with Gasteiger partial charge in [0.25, 0.3) is 0 Å². The second-order valence-electron chi connectivity index (χ2n) is 7.35. The predicted molar refractivity (Wildman–Crippen MR) is 116 cm³/mol. The lowest BCUT2D eigenvalue weighted by Crippen LogP contribution is -2.52. The molecular formula is C22H34N4O3. The zero-order valence-electron chi connectivity index (χ0n) is 17.9. The lowest BCUT2D eigenvalue weighted by atomic mass is 10.1. The molecule has 2 aliphatic rings. The summed E-state index contributed by atoms with van der Waals surface area (Å²) in [6.07, 6.45) is 4.31. The van der Waals surface area contributed by atoms with Gasteiger partial charge in [-0.15, -0.1) is 0 Å². The van der Waals surface area contributed by atoms with Crippen LogP contribution < -0.4 is 14.8 Å². The Labute approximate surface area is 174 Å². The molecule has 7 heteroatoms. The number of benzene rings is 1. The summed E-state index contributed by atoms with van der Waals surface area (Å²) in [4.78, 5) is 9.28. The van der Waals surface area contributed by atoms with E-state index in [9.17, 15) is 0 Å². The lowest BCUT2D eigenvalue weighted by molar-refractivity contribution is 0.153. The van der Waals surface area contributed by atoms with E-state index in [0.717, 1.165) is 88.3 Å². The smallest absolute Gasteiger partial charge is 0.193 e. The Balaban J connectivity index is 1.47. The minimum atomic E-state index is 0.754. The van der Waals surface area contributed by atoms with Crippen molar-refractivity contribution in [1.82, 2.24) is 15.1 Å². The topological polar surface area (TPSA) is 58.6 Å². The van der Waals surface area contributed by atoms with Gasteiger partial charge >= 0.3 is 0 Å². The summed E-state index contributed by atoms with van der Waals surface area (Å²) in [6, 6.07) is 5.98. The van der Waals surface area contributed by atoms with Crippen LogP contribution in [0.5, 0.6) is 11.5 Å².